The molecule has 1 aromatic rings. The molecule has 1 aromatic carbocycles. The van der Waals surface area contributed by atoms with E-state index < -0.39 is 0 Å². The molecule has 16 heavy (non-hydrogen) atoms. The maximum Gasteiger partial charge on any atom is 0.311 e. The van der Waals surface area contributed by atoms with E-state index in [9.17, 15) is 4.79 Å². The monoisotopic (exact) mass is 219 g/mol. The van der Waals surface area contributed by atoms with Crippen LogP contribution in [0.25, 0.3) is 0 Å². The Labute approximate surface area is 96.2 Å². The van der Waals surface area contributed by atoms with Gasteiger partial charge in [0.1, 0.15) is 0 Å². The minimum Gasteiger partial charge on any atom is -0.466 e. The van der Waals surface area contributed by atoms with Crippen molar-refractivity contribution in [2.24, 2.45) is 4.99 Å². The van der Waals surface area contributed by atoms with Crippen LogP contribution in [0, 0.1) is 0 Å². The predicted octanol–water partition coefficient (Wildman–Crippen LogP) is 2.60. The third kappa shape index (κ3) is 4.73. The first-order valence-corrected chi connectivity index (χ1v) is 5.42. The molecular formula is C13H17NO2. The second kappa shape index (κ2) is 6.77. The number of ether oxygens (including phenoxy) is 1. The van der Waals surface area contributed by atoms with Gasteiger partial charge in [-0.25, -0.2) is 0 Å². The van der Waals surface area contributed by atoms with Crippen molar-refractivity contribution in [3.05, 3.63) is 35.9 Å². The highest BCUT2D eigenvalue weighted by atomic mass is 16.5. The van der Waals surface area contributed by atoms with Crippen LogP contribution in [-0.4, -0.2) is 18.3 Å². The highest BCUT2D eigenvalue weighted by Crippen LogP contribution is 2.01. The quantitative estimate of drug-likeness (QED) is 0.564. The lowest BCUT2D eigenvalue weighted by Crippen LogP contribution is -2.08. The van der Waals surface area contributed by atoms with Crippen LogP contribution in [0.4, 0.5) is 0 Å². The minimum absolute atomic E-state index is 0.211. The lowest BCUT2D eigenvalue weighted by molar-refractivity contribution is -0.141. The van der Waals surface area contributed by atoms with E-state index in [-0.39, 0.29) is 12.4 Å². The molecule has 0 aliphatic carbocycles. The first-order chi connectivity index (χ1) is 7.72. The molecule has 0 unspecified atom stereocenters. The Morgan fingerprint density at radius 3 is 2.62 bits per heavy atom. The van der Waals surface area contributed by atoms with Gasteiger partial charge in [-0.2, -0.15) is 0 Å². The van der Waals surface area contributed by atoms with Crippen LogP contribution in [0.3, 0.4) is 0 Å². The molecule has 0 bridgehead atoms. The van der Waals surface area contributed by atoms with Crippen LogP contribution in [0.1, 0.15) is 25.8 Å². The summed E-state index contributed by atoms with van der Waals surface area (Å²) in [5, 5.41) is 0. The van der Waals surface area contributed by atoms with Crippen molar-refractivity contribution in [3.63, 3.8) is 0 Å². The Morgan fingerprint density at radius 2 is 2.00 bits per heavy atom. The first-order valence-electron chi connectivity index (χ1n) is 5.42. The van der Waals surface area contributed by atoms with Gasteiger partial charge in [-0.1, -0.05) is 30.3 Å². The number of esters is 1. The number of hydrogen-bond donors (Lipinski definition) is 0. The van der Waals surface area contributed by atoms with Crippen molar-refractivity contribution in [2.45, 2.75) is 26.8 Å². The van der Waals surface area contributed by atoms with Crippen LogP contribution in [0.15, 0.2) is 35.3 Å². The zero-order valence-corrected chi connectivity index (χ0v) is 9.77. The van der Waals surface area contributed by atoms with Crippen LogP contribution in [0.2, 0.25) is 0 Å². The van der Waals surface area contributed by atoms with Gasteiger partial charge in [0.25, 0.3) is 0 Å². The summed E-state index contributed by atoms with van der Waals surface area (Å²) in [4.78, 5) is 15.5. The number of carbonyl (C=O) groups excluding carboxylic acids is 1. The molecule has 0 spiro atoms. The minimum atomic E-state index is -0.211. The zero-order valence-electron chi connectivity index (χ0n) is 9.77. The van der Waals surface area contributed by atoms with E-state index in [1.807, 2.05) is 37.3 Å². The Morgan fingerprint density at radius 1 is 1.31 bits per heavy atom. The van der Waals surface area contributed by atoms with E-state index in [2.05, 4.69) is 4.99 Å². The highest BCUT2D eigenvalue weighted by Gasteiger charge is 2.03. The molecule has 0 amide bonds. The molecule has 0 heterocycles. The molecule has 0 saturated heterocycles. The molecule has 1 rings (SSSR count). The maximum atomic E-state index is 11.2. The third-order valence-electron chi connectivity index (χ3n) is 2.08. The standard InChI is InChI=1S/C13H17NO2/c1-3-16-13(15)9-11(2)14-10-12-7-5-4-6-8-12/h4-8H,3,9-10H2,1-2H3/b14-11+. The van der Waals surface area contributed by atoms with Crippen molar-refractivity contribution >= 4 is 11.7 Å². The molecule has 0 aliphatic heterocycles. The summed E-state index contributed by atoms with van der Waals surface area (Å²) >= 11 is 0. The molecule has 0 atom stereocenters. The Hall–Kier alpha value is -1.64. The van der Waals surface area contributed by atoms with Crippen LogP contribution in [-0.2, 0) is 16.1 Å². The van der Waals surface area contributed by atoms with E-state index in [4.69, 9.17) is 4.74 Å². The normalized spacial score (nSPS) is 11.2. The fraction of sp³-hybridized carbons (Fsp3) is 0.385. The molecule has 0 radical (unpaired) electrons. The Bertz CT molecular complexity index is 357. The summed E-state index contributed by atoms with van der Waals surface area (Å²) in [6, 6.07) is 9.96. The molecule has 3 heteroatoms. The first kappa shape index (κ1) is 12.4. The van der Waals surface area contributed by atoms with Gasteiger partial charge in [0.05, 0.1) is 19.6 Å². The van der Waals surface area contributed by atoms with E-state index in [0.29, 0.717) is 13.2 Å². The average molecular weight is 219 g/mol. The number of carbonyl (C=O) groups is 1. The van der Waals surface area contributed by atoms with Gasteiger partial charge >= 0.3 is 5.97 Å². The number of nitrogens with zero attached hydrogens (tertiary/aromatic N) is 1. The highest BCUT2D eigenvalue weighted by molar-refractivity contribution is 5.97. The molecule has 0 saturated carbocycles. The van der Waals surface area contributed by atoms with Crippen LogP contribution >= 0.6 is 0 Å². The van der Waals surface area contributed by atoms with Gasteiger partial charge in [0.2, 0.25) is 0 Å². The number of rotatable bonds is 5. The topological polar surface area (TPSA) is 38.7 Å². The van der Waals surface area contributed by atoms with E-state index in [1.165, 1.54) is 0 Å². The summed E-state index contributed by atoms with van der Waals surface area (Å²) < 4.78 is 4.84. The van der Waals surface area contributed by atoms with Crippen molar-refractivity contribution in [1.29, 1.82) is 0 Å². The molecule has 0 fully saturated rings. The van der Waals surface area contributed by atoms with Gasteiger partial charge in [0, 0.05) is 5.71 Å². The SMILES string of the molecule is CCOC(=O)C/C(C)=N/Cc1ccccc1. The lowest BCUT2D eigenvalue weighted by Gasteiger charge is -2.01. The van der Waals surface area contributed by atoms with Crippen molar-refractivity contribution in [1.82, 2.24) is 0 Å². The zero-order chi connectivity index (χ0) is 11.8. The maximum absolute atomic E-state index is 11.2. The second-order valence-electron chi connectivity index (χ2n) is 3.52. The fourth-order valence-corrected chi connectivity index (χ4v) is 1.29. The van der Waals surface area contributed by atoms with E-state index in [0.717, 1.165) is 11.3 Å². The smallest absolute Gasteiger partial charge is 0.311 e. The van der Waals surface area contributed by atoms with Crippen molar-refractivity contribution in [2.75, 3.05) is 6.61 Å². The van der Waals surface area contributed by atoms with Gasteiger partial charge in [0.15, 0.2) is 0 Å². The third-order valence-corrected chi connectivity index (χ3v) is 2.08. The second-order valence-corrected chi connectivity index (χ2v) is 3.52. The average Bonchev–Trinajstić information content (AvgIpc) is 2.28. The Balaban J connectivity index is 2.42. The van der Waals surface area contributed by atoms with Crippen molar-refractivity contribution in [3.8, 4) is 0 Å². The van der Waals surface area contributed by atoms with Crippen LogP contribution < -0.4 is 0 Å². The lowest BCUT2D eigenvalue weighted by atomic mass is 10.2. The van der Waals surface area contributed by atoms with Gasteiger partial charge in [-0.15, -0.1) is 0 Å². The van der Waals surface area contributed by atoms with Crippen molar-refractivity contribution < 1.29 is 9.53 Å². The Kier molecular flexibility index (Phi) is 5.26. The summed E-state index contributed by atoms with van der Waals surface area (Å²) in [6.07, 6.45) is 0.278. The summed E-state index contributed by atoms with van der Waals surface area (Å²) in [5.74, 6) is -0.211. The van der Waals surface area contributed by atoms with Gasteiger partial charge < -0.3 is 4.74 Å². The molecular weight excluding hydrogens is 202 g/mol. The molecule has 0 N–H and O–H groups in total. The summed E-state index contributed by atoms with van der Waals surface area (Å²) in [7, 11) is 0. The van der Waals surface area contributed by atoms with Crippen LogP contribution in [0.5, 0.6) is 0 Å². The molecule has 0 aliphatic rings. The molecule has 3 nitrogen and oxygen atoms in total. The van der Waals surface area contributed by atoms with E-state index in [1.54, 1.807) is 6.92 Å². The van der Waals surface area contributed by atoms with Gasteiger partial charge in [-0.05, 0) is 19.4 Å². The number of aliphatic imine (C=N–C) groups is 1. The summed E-state index contributed by atoms with van der Waals surface area (Å²) in [6.45, 7) is 4.69. The number of benzene rings is 1. The molecule has 86 valence electrons. The van der Waals surface area contributed by atoms with Gasteiger partial charge in [-0.3, -0.25) is 9.79 Å². The fourth-order valence-electron chi connectivity index (χ4n) is 1.29. The number of hydrogen-bond acceptors (Lipinski definition) is 3. The largest absolute Gasteiger partial charge is 0.466 e. The predicted molar refractivity (Wildman–Crippen MR) is 64.5 cm³/mol. The molecule has 0 aromatic heterocycles. The van der Waals surface area contributed by atoms with E-state index >= 15 is 0 Å². The summed E-state index contributed by atoms with van der Waals surface area (Å²) in [5.41, 5.74) is 1.95.